The van der Waals surface area contributed by atoms with Gasteiger partial charge in [-0.1, -0.05) is 33.4 Å². The third-order valence-electron chi connectivity index (χ3n) is 4.56. The van der Waals surface area contributed by atoms with E-state index in [0.717, 1.165) is 18.8 Å². The fourth-order valence-electron chi connectivity index (χ4n) is 3.28. The lowest BCUT2D eigenvalue weighted by molar-refractivity contribution is 0.214. The average molecular weight is 258 g/mol. The third-order valence-corrected chi connectivity index (χ3v) is 4.56. The molecule has 0 aliphatic heterocycles. The molecule has 1 aromatic rings. The van der Waals surface area contributed by atoms with Crippen molar-refractivity contribution in [1.82, 2.24) is 4.57 Å². The van der Waals surface area contributed by atoms with Crippen molar-refractivity contribution in [2.45, 2.75) is 40.0 Å². The normalized spacial score (nSPS) is 21.6. The average Bonchev–Trinajstić information content (AvgIpc) is 2.61. The molecular formula is C17H26N2. The highest BCUT2D eigenvalue weighted by Crippen LogP contribution is 2.35. The zero-order chi connectivity index (χ0) is 14.2. The van der Waals surface area contributed by atoms with Gasteiger partial charge in [0.05, 0.1) is 0 Å². The van der Waals surface area contributed by atoms with Crippen LogP contribution in [0.15, 0.2) is 12.7 Å². The Labute approximate surface area is 116 Å². The van der Waals surface area contributed by atoms with Crippen LogP contribution in [-0.2, 0) is 19.9 Å². The Kier molecular flexibility index (Phi) is 3.62. The van der Waals surface area contributed by atoms with Crippen LogP contribution in [0.25, 0.3) is 12.3 Å². The standard InChI is InChI=1S/C17H26N2/c1-6-7-15-14(11-18)13-10-12(17(2,3)4)8-9-16(13)19(15)5/h6-7,11-12H,1,8-10,18H2,2-5H3/b14-11-,15-7+. The Morgan fingerprint density at radius 1 is 1.37 bits per heavy atom. The Hall–Kier alpha value is -1.44. The van der Waals surface area contributed by atoms with Crippen LogP contribution >= 0.6 is 0 Å². The number of allylic oxidation sites excluding steroid dienone is 1. The number of hydrogen-bond donors (Lipinski definition) is 1. The molecule has 19 heavy (non-hydrogen) atoms. The highest BCUT2D eigenvalue weighted by molar-refractivity contribution is 5.42. The van der Waals surface area contributed by atoms with Crippen molar-refractivity contribution in [1.29, 1.82) is 0 Å². The lowest BCUT2D eigenvalue weighted by Crippen LogP contribution is -2.32. The number of fused-ring (bicyclic) bond motifs is 1. The molecule has 2 nitrogen and oxygen atoms in total. The third kappa shape index (κ3) is 2.36. The molecule has 2 N–H and O–H groups in total. The summed E-state index contributed by atoms with van der Waals surface area (Å²) in [6.07, 6.45) is 9.23. The highest BCUT2D eigenvalue weighted by Gasteiger charge is 2.30. The summed E-state index contributed by atoms with van der Waals surface area (Å²) in [6.45, 7) is 10.8. The minimum Gasteiger partial charge on any atom is -0.404 e. The van der Waals surface area contributed by atoms with Gasteiger partial charge < -0.3 is 10.3 Å². The molecule has 0 fully saturated rings. The molecule has 0 saturated heterocycles. The molecule has 1 aliphatic rings. The van der Waals surface area contributed by atoms with Crippen LogP contribution in [0.2, 0.25) is 0 Å². The van der Waals surface area contributed by atoms with Crippen LogP contribution in [0.1, 0.15) is 38.4 Å². The first-order valence-corrected chi connectivity index (χ1v) is 7.11. The molecule has 0 bridgehead atoms. The summed E-state index contributed by atoms with van der Waals surface area (Å²) in [7, 11) is 2.14. The maximum atomic E-state index is 5.88. The Balaban J connectivity index is 2.61. The molecule has 1 atom stereocenters. The van der Waals surface area contributed by atoms with E-state index in [2.05, 4.69) is 45.0 Å². The second-order valence-corrected chi connectivity index (χ2v) is 6.66. The number of rotatable bonds is 1. The maximum absolute atomic E-state index is 5.88. The monoisotopic (exact) mass is 258 g/mol. The van der Waals surface area contributed by atoms with Crippen LogP contribution in [0.4, 0.5) is 0 Å². The van der Waals surface area contributed by atoms with Gasteiger partial charge in [0.25, 0.3) is 0 Å². The molecule has 0 amide bonds. The Bertz CT molecular complexity index is 597. The predicted octanol–water partition coefficient (Wildman–Crippen LogP) is 1.84. The fourth-order valence-corrected chi connectivity index (χ4v) is 3.28. The molecule has 1 unspecified atom stereocenters. The van der Waals surface area contributed by atoms with Crippen LogP contribution in [-0.4, -0.2) is 4.57 Å². The molecule has 0 aromatic carbocycles. The molecule has 2 heteroatoms. The lowest BCUT2D eigenvalue weighted by Gasteiger charge is -2.34. The van der Waals surface area contributed by atoms with Crippen molar-refractivity contribution in [3.05, 3.63) is 34.5 Å². The van der Waals surface area contributed by atoms with Gasteiger partial charge in [-0.3, -0.25) is 0 Å². The van der Waals surface area contributed by atoms with E-state index in [1.54, 1.807) is 6.20 Å². The van der Waals surface area contributed by atoms with Gasteiger partial charge in [-0.05, 0) is 42.2 Å². The lowest BCUT2D eigenvalue weighted by atomic mass is 9.72. The molecule has 104 valence electrons. The van der Waals surface area contributed by atoms with Gasteiger partial charge in [-0.15, -0.1) is 0 Å². The summed E-state index contributed by atoms with van der Waals surface area (Å²) in [5.74, 6) is 0.734. The summed E-state index contributed by atoms with van der Waals surface area (Å²) >= 11 is 0. The number of hydrogen-bond acceptors (Lipinski definition) is 1. The van der Waals surface area contributed by atoms with E-state index < -0.39 is 0 Å². The first-order valence-electron chi connectivity index (χ1n) is 7.11. The van der Waals surface area contributed by atoms with Crippen molar-refractivity contribution in [2.75, 3.05) is 0 Å². The van der Waals surface area contributed by atoms with Crippen molar-refractivity contribution in [2.24, 2.45) is 24.1 Å². The van der Waals surface area contributed by atoms with Gasteiger partial charge in [0.15, 0.2) is 0 Å². The molecule has 1 aromatic heterocycles. The predicted molar refractivity (Wildman–Crippen MR) is 82.9 cm³/mol. The minimum absolute atomic E-state index is 0.363. The van der Waals surface area contributed by atoms with E-state index >= 15 is 0 Å². The first kappa shape index (κ1) is 14.0. The van der Waals surface area contributed by atoms with E-state index in [4.69, 9.17) is 5.73 Å². The largest absolute Gasteiger partial charge is 0.404 e. The number of nitrogens with zero attached hydrogens (tertiary/aromatic N) is 1. The summed E-state index contributed by atoms with van der Waals surface area (Å²) < 4.78 is 2.29. The van der Waals surface area contributed by atoms with Gasteiger partial charge in [0.2, 0.25) is 0 Å². The smallest absolute Gasteiger partial charge is 0.0497 e. The minimum atomic E-state index is 0.363. The summed E-state index contributed by atoms with van der Waals surface area (Å²) in [6, 6.07) is 0. The van der Waals surface area contributed by atoms with Crippen molar-refractivity contribution in [3.8, 4) is 0 Å². The summed E-state index contributed by atoms with van der Waals surface area (Å²) in [4.78, 5) is 0. The molecule has 0 spiro atoms. The van der Waals surface area contributed by atoms with Gasteiger partial charge in [-0.25, -0.2) is 0 Å². The van der Waals surface area contributed by atoms with E-state index in [1.165, 1.54) is 28.2 Å². The molecular weight excluding hydrogens is 232 g/mol. The van der Waals surface area contributed by atoms with Gasteiger partial charge in [0.1, 0.15) is 0 Å². The van der Waals surface area contributed by atoms with Crippen LogP contribution in [0.5, 0.6) is 0 Å². The maximum Gasteiger partial charge on any atom is 0.0497 e. The Morgan fingerprint density at radius 3 is 2.58 bits per heavy atom. The second kappa shape index (κ2) is 4.92. The SMILES string of the molecule is C=C/C=c1\c(=C/N)c2c(n1C)CCC(C(C)(C)C)C2. The van der Waals surface area contributed by atoms with Gasteiger partial charge >= 0.3 is 0 Å². The fraction of sp³-hybridized carbons (Fsp3) is 0.529. The quantitative estimate of drug-likeness (QED) is 0.819. The zero-order valence-corrected chi connectivity index (χ0v) is 12.7. The Morgan fingerprint density at radius 2 is 2.05 bits per heavy atom. The van der Waals surface area contributed by atoms with E-state index in [9.17, 15) is 0 Å². The van der Waals surface area contributed by atoms with Gasteiger partial charge in [-0.2, -0.15) is 0 Å². The molecule has 0 radical (unpaired) electrons. The summed E-state index contributed by atoms with van der Waals surface area (Å²) in [5, 5.41) is 2.39. The summed E-state index contributed by atoms with van der Waals surface area (Å²) in [5.41, 5.74) is 9.14. The molecule has 0 saturated carbocycles. The number of nitrogens with two attached hydrogens (primary N) is 1. The molecule has 1 heterocycles. The number of aromatic nitrogens is 1. The van der Waals surface area contributed by atoms with Gasteiger partial charge in [0, 0.05) is 29.5 Å². The molecule has 2 rings (SSSR count). The first-order chi connectivity index (χ1) is 8.90. The van der Waals surface area contributed by atoms with E-state index in [-0.39, 0.29) is 0 Å². The van der Waals surface area contributed by atoms with E-state index in [0.29, 0.717) is 5.41 Å². The van der Waals surface area contributed by atoms with Crippen LogP contribution < -0.4 is 16.3 Å². The zero-order valence-electron chi connectivity index (χ0n) is 12.7. The van der Waals surface area contributed by atoms with E-state index in [1.807, 2.05) is 6.08 Å². The molecule has 1 aliphatic carbocycles. The van der Waals surface area contributed by atoms with Crippen molar-refractivity contribution >= 4 is 12.3 Å². The van der Waals surface area contributed by atoms with Crippen LogP contribution in [0, 0.1) is 11.3 Å². The van der Waals surface area contributed by atoms with Crippen molar-refractivity contribution in [3.63, 3.8) is 0 Å². The van der Waals surface area contributed by atoms with Crippen LogP contribution in [0.3, 0.4) is 0 Å². The highest BCUT2D eigenvalue weighted by atomic mass is 14.9. The topological polar surface area (TPSA) is 30.9 Å². The second-order valence-electron chi connectivity index (χ2n) is 6.66. The van der Waals surface area contributed by atoms with Crippen molar-refractivity contribution < 1.29 is 0 Å².